The van der Waals surface area contributed by atoms with Gasteiger partial charge in [-0.15, -0.1) is 0 Å². The number of carbonyl (C=O) groups excluding carboxylic acids is 2. The maximum absolute atomic E-state index is 12.6. The van der Waals surface area contributed by atoms with E-state index < -0.39 is 15.8 Å². The molecule has 3 rings (SSSR count). The fourth-order valence-electron chi connectivity index (χ4n) is 4.48. The van der Waals surface area contributed by atoms with Crippen LogP contribution < -0.4 is 0 Å². The van der Waals surface area contributed by atoms with Crippen molar-refractivity contribution < 1.29 is 22.7 Å². The SMILES string of the molecule is Cc1cc(C(=O)OCC(=O)N(C)[C@H]2CCS(=O)(=O)C2)c(C)n1C1CCCCC1. The molecular weight excluding hydrogens is 380 g/mol. The molecule has 2 heterocycles. The van der Waals surface area contributed by atoms with Crippen molar-refractivity contribution in [1.82, 2.24) is 9.47 Å². The minimum atomic E-state index is -3.07. The monoisotopic (exact) mass is 410 g/mol. The summed E-state index contributed by atoms with van der Waals surface area (Å²) >= 11 is 0. The van der Waals surface area contributed by atoms with Crippen LogP contribution in [0.25, 0.3) is 0 Å². The molecule has 1 aliphatic carbocycles. The molecule has 156 valence electrons. The van der Waals surface area contributed by atoms with Gasteiger partial charge in [-0.3, -0.25) is 4.79 Å². The van der Waals surface area contributed by atoms with Crippen LogP contribution in [0.5, 0.6) is 0 Å². The quantitative estimate of drug-likeness (QED) is 0.696. The molecule has 0 radical (unpaired) electrons. The Kier molecular flexibility index (Phi) is 6.17. The van der Waals surface area contributed by atoms with E-state index >= 15 is 0 Å². The molecule has 0 bridgehead atoms. The first-order valence-corrected chi connectivity index (χ1v) is 11.8. The molecule has 8 heteroatoms. The lowest BCUT2D eigenvalue weighted by Gasteiger charge is -2.26. The van der Waals surface area contributed by atoms with E-state index in [4.69, 9.17) is 4.74 Å². The van der Waals surface area contributed by atoms with E-state index in [9.17, 15) is 18.0 Å². The molecule has 0 spiro atoms. The van der Waals surface area contributed by atoms with Gasteiger partial charge in [0.15, 0.2) is 16.4 Å². The predicted molar refractivity (Wildman–Crippen MR) is 106 cm³/mol. The first-order chi connectivity index (χ1) is 13.2. The van der Waals surface area contributed by atoms with Gasteiger partial charge in [0.25, 0.3) is 5.91 Å². The Morgan fingerprint density at radius 2 is 1.86 bits per heavy atom. The van der Waals surface area contributed by atoms with Crippen molar-refractivity contribution in [1.29, 1.82) is 0 Å². The highest BCUT2D eigenvalue weighted by Gasteiger charge is 2.33. The lowest BCUT2D eigenvalue weighted by atomic mass is 9.95. The van der Waals surface area contributed by atoms with Crippen LogP contribution in [-0.2, 0) is 19.4 Å². The molecule has 28 heavy (non-hydrogen) atoms. The first-order valence-electron chi connectivity index (χ1n) is 10.0. The second-order valence-corrected chi connectivity index (χ2v) is 10.3. The van der Waals surface area contributed by atoms with Crippen LogP contribution in [-0.4, -0.2) is 61.0 Å². The number of ether oxygens (including phenoxy) is 1. The zero-order chi connectivity index (χ0) is 20.5. The fourth-order valence-corrected chi connectivity index (χ4v) is 6.25. The van der Waals surface area contributed by atoms with E-state index in [2.05, 4.69) is 4.57 Å². The predicted octanol–water partition coefficient (Wildman–Crippen LogP) is 2.41. The third-order valence-corrected chi connectivity index (χ3v) is 7.87. The van der Waals surface area contributed by atoms with Gasteiger partial charge in [0.1, 0.15) is 0 Å². The van der Waals surface area contributed by atoms with Crippen LogP contribution >= 0.6 is 0 Å². The second kappa shape index (κ2) is 8.27. The average molecular weight is 411 g/mol. The minimum Gasteiger partial charge on any atom is -0.452 e. The van der Waals surface area contributed by atoms with Gasteiger partial charge in [-0.2, -0.15) is 0 Å². The summed E-state index contributed by atoms with van der Waals surface area (Å²) in [6.45, 7) is 3.55. The molecule has 1 aliphatic heterocycles. The highest BCUT2D eigenvalue weighted by Crippen LogP contribution is 2.32. The maximum atomic E-state index is 12.6. The van der Waals surface area contributed by atoms with Crippen molar-refractivity contribution in [2.45, 2.75) is 64.5 Å². The second-order valence-electron chi connectivity index (χ2n) is 8.08. The molecule has 0 unspecified atom stereocenters. The topological polar surface area (TPSA) is 85.7 Å². The van der Waals surface area contributed by atoms with Gasteiger partial charge < -0.3 is 14.2 Å². The van der Waals surface area contributed by atoms with Crippen LogP contribution in [0, 0.1) is 13.8 Å². The molecule has 1 amide bonds. The number of aryl methyl sites for hydroxylation is 1. The van der Waals surface area contributed by atoms with Crippen LogP contribution in [0.15, 0.2) is 6.07 Å². The van der Waals surface area contributed by atoms with Crippen LogP contribution in [0.1, 0.15) is 66.3 Å². The summed E-state index contributed by atoms with van der Waals surface area (Å²) in [5.41, 5.74) is 2.43. The third-order valence-electron chi connectivity index (χ3n) is 6.12. The molecule has 1 saturated carbocycles. The number of hydrogen-bond acceptors (Lipinski definition) is 5. The van der Waals surface area contributed by atoms with E-state index in [0.717, 1.165) is 24.2 Å². The lowest BCUT2D eigenvalue weighted by Crippen LogP contribution is -2.40. The largest absolute Gasteiger partial charge is 0.452 e. The average Bonchev–Trinajstić information content (AvgIpc) is 3.18. The number of likely N-dealkylation sites (N-methyl/N-ethyl adjacent to an activating group) is 1. The Hall–Kier alpha value is -1.83. The molecular formula is C20H30N2O5S. The Morgan fingerprint density at radius 1 is 1.18 bits per heavy atom. The number of amides is 1. The van der Waals surface area contributed by atoms with Crippen molar-refractivity contribution in [2.24, 2.45) is 0 Å². The summed E-state index contributed by atoms with van der Waals surface area (Å²) < 4.78 is 30.7. The molecule has 7 nitrogen and oxygen atoms in total. The molecule has 0 N–H and O–H groups in total. The first kappa shape index (κ1) is 20.9. The van der Waals surface area contributed by atoms with Gasteiger partial charge in [-0.25, -0.2) is 13.2 Å². The van der Waals surface area contributed by atoms with Gasteiger partial charge in [0, 0.05) is 30.5 Å². The Labute approximate surface area is 166 Å². The summed E-state index contributed by atoms with van der Waals surface area (Å²) in [6.07, 6.45) is 6.36. The standard InChI is InChI=1S/C20H30N2O5S/c1-14-11-18(15(2)22(14)16-7-5-4-6-8-16)20(24)27-12-19(23)21(3)17-9-10-28(25,26)13-17/h11,16-17H,4-10,12-13H2,1-3H3/t17-/m0/s1. The highest BCUT2D eigenvalue weighted by molar-refractivity contribution is 7.91. The Balaban J connectivity index is 1.61. The molecule has 2 fully saturated rings. The molecule has 1 aromatic heterocycles. The summed E-state index contributed by atoms with van der Waals surface area (Å²) in [5.74, 6) is -0.805. The van der Waals surface area contributed by atoms with Gasteiger partial charge in [-0.1, -0.05) is 19.3 Å². The van der Waals surface area contributed by atoms with E-state index in [0.29, 0.717) is 18.0 Å². The van der Waals surface area contributed by atoms with E-state index in [1.54, 1.807) is 7.05 Å². The van der Waals surface area contributed by atoms with Gasteiger partial charge >= 0.3 is 5.97 Å². The number of esters is 1. The Morgan fingerprint density at radius 3 is 2.46 bits per heavy atom. The van der Waals surface area contributed by atoms with Crippen LogP contribution in [0.2, 0.25) is 0 Å². The normalized spacial score (nSPS) is 22.2. The van der Waals surface area contributed by atoms with Gasteiger partial charge in [0.05, 0.1) is 17.1 Å². The number of hydrogen-bond donors (Lipinski definition) is 0. The van der Waals surface area contributed by atoms with Crippen LogP contribution in [0.4, 0.5) is 0 Å². The number of rotatable bonds is 5. The molecule has 1 atom stereocenters. The molecule has 0 aromatic carbocycles. The molecule has 1 aromatic rings. The zero-order valence-corrected chi connectivity index (χ0v) is 17.8. The smallest absolute Gasteiger partial charge is 0.340 e. The maximum Gasteiger partial charge on any atom is 0.340 e. The van der Waals surface area contributed by atoms with Crippen molar-refractivity contribution >= 4 is 21.7 Å². The minimum absolute atomic E-state index is 0.0221. The number of aromatic nitrogens is 1. The summed E-state index contributed by atoms with van der Waals surface area (Å²) in [6, 6.07) is 1.92. The zero-order valence-electron chi connectivity index (χ0n) is 16.9. The molecule has 1 saturated heterocycles. The summed E-state index contributed by atoms with van der Waals surface area (Å²) in [7, 11) is -1.51. The van der Waals surface area contributed by atoms with Crippen molar-refractivity contribution in [3.63, 3.8) is 0 Å². The number of carbonyl (C=O) groups is 2. The fraction of sp³-hybridized carbons (Fsp3) is 0.700. The van der Waals surface area contributed by atoms with Crippen LogP contribution in [0.3, 0.4) is 0 Å². The molecule has 2 aliphatic rings. The summed E-state index contributed by atoms with van der Waals surface area (Å²) in [5, 5.41) is 0. The Bertz CT molecular complexity index is 852. The van der Waals surface area contributed by atoms with Gasteiger partial charge in [-0.05, 0) is 39.2 Å². The number of sulfone groups is 1. The van der Waals surface area contributed by atoms with Crippen molar-refractivity contribution in [3.05, 3.63) is 23.0 Å². The van der Waals surface area contributed by atoms with Gasteiger partial charge in [0.2, 0.25) is 0 Å². The number of nitrogens with zero attached hydrogens (tertiary/aromatic N) is 2. The van der Waals surface area contributed by atoms with Crippen molar-refractivity contribution in [3.8, 4) is 0 Å². The highest BCUT2D eigenvalue weighted by atomic mass is 32.2. The van der Waals surface area contributed by atoms with E-state index in [-0.39, 0.29) is 30.1 Å². The summed E-state index contributed by atoms with van der Waals surface area (Å²) in [4.78, 5) is 26.3. The van der Waals surface area contributed by atoms with E-state index in [1.807, 2.05) is 19.9 Å². The van der Waals surface area contributed by atoms with Crippen molar-refractivity contribution in [2.75, 3.05) is 25.2 Å². The lowest BCUT2D eigenvalue weighted by molar-refractivity contribution is -0.134. The third kappa shape index (κ3) is 4.42. The van der Waals surface area contributed by atoms with E-state index in [1.165, 1.54) is 24.2 Å².